The molecular formula is C19H23FN2O2. The number of hydrogen-bond acceptors (Lipinski definition) is 3. The van der Waals surface area contributed by atoms with Crippen LogP contribution in [0.25, 0.3) is 11.3 Å². The Morgan fingerprint density at radius 1 is 1.38 bits per heavy atom. The molecule has 0 N–H and O–H groups in total. The maximum Gasteiger partial charge on any atom is 0.223 e. The van der Waals surface area contributed by atoms with E-state index in [1.807, 2.05) is 4.90 Å². The minimum absolute atomic E-state index is 0.148. The largest absolute Gasteiger partial charge is 0.441 e. The average Bonchev–Trinajstić information content (AvgIpc) is 3.28. The minimum Gasteiger partial charge on any atom is -0.441 e. The first kappa shape index (κ1) is 16.7. The molecule has 1 aromatic carbocycles. The number of oxazole rings is 1. The van der Waals surface area contributed by atoms with Crippen LogP contribution in [0, 0.1) is 11.7 Å². The molecule has 3 rings (SSSR count). The summed E-state index contributed by atoms with van der Waals surface area (Å²) in [5.74, 6) is 1.38. The number of rotatable bonds is 8. The quantitative estimate of drug-likeness (QED) is 0.733. The summed E-state index contributed by atoms with van der Waals surface area (Å²) in [6, 6.07) is 6.44. The summed E-state index contributed by atoms with van der Waals surface area (Å²) in [7, 11) is 0. The third kappa shape index (κ3) is 4.22. The number of benzene rings is 1. The summed E-state index contributed by atoms with van der Waals surface area (Å²) < 4.78 is 19.4. The Hall–Kier alpha value is -2.17. The van der Waals surface area contributed by atoms with Gasteiger partial charge in [-0.3, -0.25) is 4.79 Å². The van der Waals surface area contributed by atoms with Gasteiger partial charge in [0.05, 0.1) is 11.8 Å². The lowest BCUT2D eigenvalue weighted by molar-refractivity contribution is -0.131. The van der Waals surface area contributed by atoms with Crippen LogP contribution in [0.5, 0.6) is 0 Å². The summed E-state index contributed by atoms with van der Waals surface area (Å²) in [5.41, 5.74) is 0.393. The van der Waals surface area contributed by atoms with Crippen LogP contribution in [-0.2, 0) is 11.2 Å². The molecule has 1 saturated carbocycles. The highest BCUT2D eigenvalue weighted by molar-refractivity contribution is 5.76. The fraction of sp³-hybridized carbons (Fsp3) is 0.474. The van der Waals surface area contributed by atoms with Gasteiger partial charge in [-0.05, 0) is 37.3 Å². The van der Waals surface area contributed by atoms with Gasteiger partial charge in [-0.15, -0.1) is 0 Å². The third-order valence-electron chi connectivity index (χ3n) is 4.27. The Kier molecular flexibility index (Phi) is 5.28. The first-order valence-electron chi connectivity index (χ1n) is 8.64. The monoisotopic (exact) mass is 330 g/mol. The summed E-state index contributed by atoms with van der Waals surface area (Å²) in [6.45, 7) is 3.77. The predicted molar refractivity (Wildman–Crippen MR) is 89.8 cm³/mol. The van der Waals surface area contributed by atoms with Gasteiger partial charge in [0.1, 0.15) is 5.82 Å². The van der Waals surface area contributed by atoms with Gasteiger partial charge in [0.25, 0.3) is 0 Å². The van der Waals surface area contributed by atoms with E-state index in [1.54, 1.807) is 18.2 Å². The molecule has 1 aromatic heterocycles. The van der Waals surface area contributed by atoms with Crippen molar-refractivity contribution in [2.75, 3.05) is 13.1 Å². The van der Waals surface area contributed by atoms with Gasteiger partial charge in [-0.2, -0.15) is 0 Å². The number of carbonyl (C=O) groups is 1. The van der Waals surface area contributed by atoms with Gasteiger partial charge in [-0.25, -0.2) is 9.37 Å². The molecule has 0 saturated heterocycles. The van der Waals surface area contributed by atoms with Crippen molar-refractivity contribution < 1.29 is 13.6 Å². The summed E-state index contributed by atoms with van der Waals surface area (Å²) >= 11 is 0. The topological polar surface area (TPSA) is 46.3 Å². The van der Waals surface area contributed by atoms with E-state index in [1.165, 1.54) is 25.1 Å². The van der Waals surface area contributed by atoms with Crippen molar-refractivity contribution in [3.63, 3.8) is 0 Å². The van der Waals surface area contributed by atoms with Crippen molar-refractivity contribution in [3.8, 4) is 11.3 Å². The van der Waals surface area contributed by atoms with Gasteiger partial charge in [-0.1, -0.05) is 19.1 Å². The van der Waals surface area contributed by atoms with E-state index in [9.17, 15) is 9.18 Å². The second-order valence-electron chi connectivity index (χ2n) is 6.38. The van der Waals surface area contributed by atoms with Crippen LogP contribution in [0.1, 0.15) is 38.5 Å². The zero-order chi connectivity index (χ0) is 16.9. The number of aromatic nitrogens is 1. The highest BCUT2D eigenvalue weighted by Crippen LogP contribution is 2.30. The van der Waals surface area contributed by atoms with E-state index >= 15 is 0 Å². The zero-order valence-electron chi connectivity index (χ0n) is 14.0. The van der Waals surface area contributed by atoms with Crippen molar-refractivity contribution in [1.82, 2.24) is 9.88 Å². The molecule has 0 radical (unpaired) electrons. The van der Waals surface area contributed by atoms with E-state index in [2.05, 4.69) is 11.9 Å². The Morgan fingerprint density at radius 3 is 2.88 bits per heavy atom. The number of nitrogens with zero attached hydrogens (tertiary/aromatic N) is 2. The number of halogens is 1. The van der Waals surface area contributed by atoms with Gasteiger partial charge >= 0.3 is 0 Å². The van der Waals surface area contributed by atoms with Crippen molar-refractivity contribution >= 4 is 5.91 Å². The van der Waals surface area contributed by atoms with Crippen molar-refractivity contribution in [2.45, 2.75) is 39.0 Å². The van der Waals surface area contributed by atoms with Crippen LogP contribution in [0.4, 0.5) is 4.39 Å². The van der Waals surface area contributed by atoms with Crippen molar-refractivity contribution in [2.24, 2.45) is 5.92 Å². The molecule has 0 bridgehead atoms. The first-order chi connectivity index (χ1) is 11.7. The Labute approximate surface area is 141 Å². The lowest BCUT2D eigenvalue weighted by Crippen LogP contribution is -2.33. The lowest BCUT2D eigenvalue weighted by atomic mass is 10.2. The van der Waals surface area contributed by atoms with Gasteiger partial charge < -0.3 is 9.32 Å². The second kappa shape index (κ2) is 7.60. The minimum atomic E-state index is -0.338. The SMILES string of the molecule is CCCN(CC1CC1)C(=O)CCc1ncc(-c2ccccc2F)o1. The molecule has 0 aliphatic heterocycles. The maximum absolute atomic E-state index is 13.8. The highest BCUT2D eigenvalue weighted by atomic mass is 19.1. The van der Waals surface area contributed by atoms with Crippen molar-refractivity contribution in [1.29, 1.82) is 0 Å². The van der Waals surface area contributed by atoms with Crippen LogP contribution >= 0.6 is 0 Å². The lowest BCUT2D eigenvalue weighted by Gasteiger charge is -2.21. The smallest absolute Gasteiger partial charge is 0.223 e. The van der Waals surface area contributed by atoms with E-state index in [-0.39, 0.29) is 11.7 Å². The molecule has 5 heteroatoms. The number of carbonyl (C=O) groups excluding carboxylic acids is 1. The van der Waals surface area contributed by atoms with E-state index in [4.69, 9.17) is 4.42 Å². The molecule has 24 heavy (non-hydrogen) atoms. The fourth-order valence-corrected chi connectivity index (χ4v) is 2.78. The van der Waals surface area contributed by atoms with E-state index in [0.29, 0.717) is 36.0 Å². The zero-order valence-corrected chi connectivity index (χ0v) is 14.0. The molecule has 1 aliphatic carbocycles. The Bertz CT molecular complexity index is 694. The summed E-state index contributed by atoms with van der Waals surface area (Å²) in [4.78, 5) is 18.5. The Morgan fingerprint density at radius 2 is 2.17 bits per heavy atom. The van der Waals surface area contributed by atoms with E-state index in [0.717, 1.165) is 19.5 Å². The van der Waals surface area contributed by atoms with Crippen LogP contribution in [0.3, 0.4) is 0 Å². The molecule has 1 fully saturated rings. The van der Waals surface area contributed by atoms with Crippen LogP contribution in [0.15, 0.2) is 34.9 Å². The summed E-state index contributed by atoms with van der Waals surface area (Å²) in [6.07, 6.45) is 5.78. The molecule has 128 valence electrons. The molecule has 0 atom stereocenters. The first-order valence-corrected chi connectivity index (χ1v) is 8.64. The van der Waals surface area contributed by atoms with Gasteiger partial charge in [0.15, 0.2) is 11.7 Å². The van der Waals surface area contributed by atoms with Crippen LogP contribution in [0.2, 0.25) is 0 Å². The van der Waals surface area contributed by atoms with Crippen LogP contribution in [-0.4, -0.2) is 28.9 Å². The van der Waals surface area contributed by atoms with Crippen molar-refractivity contribution in [3.05, 3.63) is 42.2 Å². The maximum atomic E-state index is 13.8. The standard InChI is InChI=1S/C19H23FN2O2/c1-2-11-22(13-14-7-8-14)19(23)10-9-18-21-12-17(24-18)15-5-3-4-6-16(15)20/h3-6,12,14H,2,7-11,13H2,1H3. The number of amides is 1. The van der Waals surface area contributed by atoms with Crippen LogP contribution < -0.4 is 0 Å². The molecule has 1 amide bonds. The molecular weight excluding hydrogens is 307 g/mol. The van der Waals surface area contributed by atoms with Gasteiger partial charge in [0.2, 0.25) is 5.91 Å². The molecule has 1 aliphatic rings. The molecule has 0 unspecified atom stereocenters. The molecule has 0 spiro atoms. The predicted octanol–water partition coefficient (Wildman–Crippen LogP) is 4.06. The average molecular weight is 330 g/mol. The fourth-order valence-electron chi connectivity index (χ4n) is 2.78. The van der Waals surface area contributed by atoms with Gasteiger partial charge in [0, 0.05) is 25.9 Å². The molecule has 4 nitrogen and oxygen atoms in total. The number of hydrogen-bond donors (Lipinski definition) is 0. The van der Waals surface area contributed by atoms with E-state index < -0.39 is 0 Å². The normalized spacial score (nSPS) is 13.9. The third-order valence-corrected chi connectivity index (χ3v) is 4.27. The molecule has 1 heterocycles. The molecule has 2 aromatic rings. The highest BCUT2D eigenvalue weighted by Gasteiger charge is 2.26. The number of aryl methyl sites for hydroxylation is 1. The second-order valence-corrected chi connectivity index (χ2v) is 6.38. The Balaban J connectivity index is 1.58. The summed E-state index contributed by atoms with van der Waals surface area (Å²) in [5, 5.41) is 0.